The number of nitrogens with one attached hydrogen (secondary N) is 2. The van der Waals surface area contributed by atoms with Gasteiger partial charge in [0.05, 0.1) is 37.0 Å². The number of nitrogens with zero attached hydrogens (tertiary/aromatic N) is 6. The Hall–Kier alpha value is -3.68. The molecule has 0 saturated heterocycles. The molecule has 0 fully saturated rings. The average Bonchev–Trinajstić information content (AvgIpc) is 4.00. The standard InChI is InChI=1S/C25H25FN2O4S.C5H6Br2N2.C4H4Br2N2.C4H6N2/c1-14-23(20(30)10-9-19(29)15-8-11-21(31-3)22(12-15)32-4)27-25(28(14)2)17-13-33-24-16(17)6-5-7-18(24)26;1-3-4(6)8-5(7)9(3)2;1-2-3(5)8-4(6)7-2;1-4-2-5-3-6-4/h5-8,11-13,20,30H,9-10H2,1-4H3;1-2H3;1H3,(H,7,8);2-3H,1H3,(H,5,6). The number of carbonyl (C=O) groups excluding carboxylic acids is 1. The van der Waals surface area contributed by atoms with Crippen LogP contribution in [0.2, 0.25) is 0 Å². The summed E-state index contributed by atoms with van der Waals surface area (Å²) in [7, 11) is 6.87. The van der Waals surface area contributed by atoms with Crippen LogP contribution in [0.5, 0.6) is 11.5 Å². The molecule has 0 aliphatic rings. The number of aryl methyl sites for hydroxylation is 2. The molecule has 5 heterocycles. The molecule has 0 aliphatic carbocycles. The topological polar surface area (TPSA) is 149 Å². The van der Waals surface area contributed by atoms with E-state index in [1.807, 2.05) is 62.4 Å². The van der Waals surface area contributed by atoms with E-state index in [2.05, 4.69) is 93.6 Å². The quantitative estimate of drug-likeness (QED) is 0.127. The maximum Gasteiger partial charge on any atom is 0.178 e. The van der Waals surface area contributed by atoms with Crippen molar-refractivity contribution < 1.29 is 23.8 Å². The molecule has 7 aromatic rings. The number of aliphatic hydroxyl groups excluding tert-OH is 1. The lowest BCUT2D eigenvalue weighted by atomic mass is 10.0. The highest BCUT2D eigenvalue weighted by atomic mass is 79.9. The number of hydrogen-bond donors (Lipinski definition) is 3. The minimum atomic E-state index is -0.907. The van der Waals surface area contributed by atoms with Gasteiger partial charge in [0.15, 0.2) is 26.7 Å². The third-order valence-corrected chi connectivity index (χ3v) is 12.2. The van der Waals surface area contributed by atoms with E-state index < -0.39 is 6.10 Å². The average molecular weight is 1040 g/mol. The smallest absolute Gasteiger partial charge is 0.178 e. The molecule has 298 valence electrons. The maximum absolute atomic E-state index is 14.1. The first-order valence-corrected chi connectivity index (χ1v) is 20.9. The molecule has 0 spiro atoms. The number of hydrogen-bond acceptors (Lipinski definition) is 9. The first-order valence-electron chi connectivity index (χ1n) is 16.9. The minimum absolute atomic E-state index is 0.108. The third-order valence-electron chi connectivity index (χ3n) is 8.58. The molecule has 56 heavy (non-hydrogen) atoms. The predicted octanol–water partition coefficient (Wildman–Crippen LogP) is 10.7. The summed E-state index contributed by atoms with van der Waals surface area (Å²) in [5.74, 6) is 1.32. The normalized spacial score (nSPS) is 11.2. The molecule has 2 aromatic carbocycles. The SMILES string of the molecule is COc1ccc(C(=O)CCC(O)c2nc(-c3csc4c(F)cccc34)n(C)c2C)cc1OC.Cc1[nH]c(Br)nc1Br.Cc1c(Br)nc(Br)n1C.Cc1cnc[nH]1. The second-order valence-electron chi connectivity index (χ2n) is 12.3. The van der Waals surface area contributed by atoms with Crippen LogP contribution in [-0.4, -0.2) is 64.1 Å². The van der Waals surface area contributed by atoms with Crippen LogP contribution < -0.4 is 9.47 Å². The van der Waals surface area contributed by atoms with Gasteiger partial charge in [-0.15, -0.1) is 11.3 Å². The highest BCUT2D eigenvalue weighted by Crippen LogP contribution is 2.37. The van der Waals surface area contributed by atoms with Crippen molar-refractivity contribution in [2.24, 2.45) is 14.1 Å². The highest BCUT2D eigenvalue weighted by Gasteiger charge is 2.23. The molecule has 0 amide bonds. The Morgan fingerprint density at radius 1 is 0.946 bits per heavy atom. The van der Waals surface area contributed by atoms with Gasteiger partial charge >= 0.3 is 0 Å². The van der Waals surface area contributed by atoms with Gasteiger partial charge in [0.1, 0.15) is 20.8 Å². The number of ketones is 1. The number of H-pyrrole nitrogens is 2. The van der Waals surface area contributed by atoms with Crippen molar-refractivity contribution in [1.82, 2.24) is 39.0 Å². The highest BCUT2D eigenvalue weighted by molar-refractivity contribution is 9.11. The Morgan fingerprint density at radius 3 is 2.14 bits per heavy atom. The zero-order valence-electron chi connectivity index (χ0n) is 31.8. The molecule has 0 aliphatic heterocycles. The summed E-state index contributed by atoms with van der Waals surface area (Å²) >= 11 is 14.4. The number of fused-ring (bicyclic) bond motifs is 1. The van der Waals surface area contributed by atoms with Gasteiger partial charge in [-0.2, -0.15) is 0 Å². The van der Waals surface area contributed by atoms with Crippen LogP contribution in [0.3, 0.4) is 0 Å². The zero-order chi connectivity index (χ0) is 41.3. The number of aromatic amines is 2. The molecule has 0 bridgehead atoms. The lowest BCUT2D eigenvalue weighted by Crippen LogP contribution is -2.06. The van der Waals surface area contributed by atoms with E-state index in [0.29, 0.717) is 33.3 Å². The summed E-state index contributed by atoms with van der Waals surface area (Å²) in [4.78, 5) is 35.1. The van der Waals surface area contributed by atoms with Crippen molar-refractivity contribution in [2.45, 2.75) is 46.6 Å². The molecule has 1 atom stereocenters. The van der Waals surface area contributed by atoms with Crippen molar-refractivity contribution in [3.8, 4) is 22.9 Å². The van der Waals surface area contributed by atoms with Crippen molar-refractivity contribution in [3.63, 3.8) is 0 Å². The molecule has 18 heteroatoms. The molecule has 1 unspecified atom stereocenters. The van der Waals surface area contributed by atoms with E-state index >= 15 is 0 Å². The molecule has 0 radical (unpaired) electrons. The Kier molecular flexibility index (Phi) is 16.6. The van der Waals surface area contributed by atoms with E-state index in [0.717, 1.165) is 52.4 Å². The van der Waals surface area contributed by atoms with Crippen LogP contribution >= 0.6 is 75.1 Å². The Morgan fingerprint density at radius 2 is 1.66 bits per heavy atom. The lowest BCUT2D eigenvalue weighted by molar-refractivity contribution is 0.0937. The molecular weight excluding hydrogens is 1000 g/mol. The number of imidazole rings is 4. The summed E-state index contributed by atoms with van der Waals surface area (Å²) in [5, 5.41) is 13.5. The Balaban J connectivity index is 0.000000241. The number of carbonyl (C=O) groups is 1. The number of benzene rings is 2. The Bertz CT molecular complexity index is 2350. The number of halogens is 5. The summed E-state index contributed by atoms with van der Waals surface area (Å²) in [6.07, 6.45) is 2.91. The molecule has 5 aromatic heterocycles. The number of Topliss-reactive ketones (excluding diaryl/α,β-unsaturated/α-hetero) is 1. The van der Waals surface area contributed by atoms with Gasteiger partial charge in [-0.3, -0.25) is 4.79 Å². The van der Waals surface area contributed by atoms with Crippen LogP contribution in [0.25, 0.3) is 21.5 Å². The summed E-state index contributed by atoms with van der Waals surface area (Å²) in [6, 6.07) is 9.99. The largest absolute Gasteiger partial charge is 0.493 e. The van der Waals surface area contributed by atoms with E-state index in [9.17, 15) is 14.3 Å². The van der Waals surface area contributed by atoms with Crippen LogP contribution in [0.15, 0.2) is 73.0 Å². The van der Waals surface area contributed by atoms with Crippen molar-refractivity contribution in [2.75, 3.05) is 14.2 Å². The number of aliphatic hydroxyl groups is 1. The van der Waals surface area contributed by atoms with Gasteiger partial charge < -0.3 is 33.7 Å². The van der Waals surface area contributed by atoms with E-state index in [1.165, 1.54) is 31.6 Å². The second-order valence-corrected chi connectivity index (χ2v) is 16.1. The van der Waals surface area contributed by atoms with Crippen molar-refractivity contribution in [3.05, 3.63) is 113 Å². The molecular formula is C38H41Br4FN8O4S. The first-order chi connectivity index (χ1) is 26.6. The fraction of sp³-hybridized carbons (Fsp3) is 0.289. The molecule has 12 nitrogen and oxygen atoms in total. The van der Waals surface area contributed by atoms with Gasteiger partial charge in [0, 0.05) is 71.4 Å². The first kappa shape index (κ1) is 45.0. The van der Waals surface area contributed by atoms with E-state index in [4.69, 9.17) is 9.47 Å². The summed E-state index contributed by atoms with van der Waals surface area (Å²) in [6.45, 7) is 7.79. The fourth-order valence-corrected chi connectivity index (χ4v) is 8.21. The number of methoxy groups -OCH3 is 2. The zero-order valence-corrected chi connectivity index (χ0v) is 39.0. The molecule has 0 saturated carbocycles. The van der Waals surface area contributed by atoms with Crippen LogP contribution in [0.4, 0.5) is 4.39 Å². The number of thiophene rings is 1. The van der Waals surface area contributed by atoms with Crippen molar-refractivity contribution in [1.29, 1.82) is 0 Å². The van der Waals surface area contributed by atoms with Gasteiger partial charge in [-0.05, 0) is 122 Å². The van der Waals surface area contributed by atoms with E-state index in [-0.39, 0.29) is 24.4 Å². The van der Waals surface area contributed by atoms with E-state index in [1.54, 1.807) is 36.8 Å². The third kappa shape index (κ3) is 11.2. The van der Waals surface area contributed by atoms with Crippen LogP contribution in [0, 0.1) is 33.5 Å². The maximum atomic E-state index is 14.1. The van der Waals surface area contributed by atoms with Gasteiger partial charge in [0.2, 0.25) is 0 Å². The van der Waals surface area contributed by atoms with Crippen LogP contribution in [0.1, 0.15) is 57.8 Å². The summed E-state index contributed by atoms with van der Waals surface area (Å²) in [5.41, 5.74) is 5.90. The molecule has 7 rings (SSSR count). The van der Waals surface area contributed by atoms with Gasteiger partial charge in [-0.25, -0.2) is 24.3 Å². The lowest BCUT2D eigenvalue weighted by Gasteiger charge is -2.11. The number of rotatable bonds is 8. The van der Waals surface area contributed by atoms with Gasteiger partial charge in [0.25, 0.3) is 0 Å². The van der Waals surface area contributed by atoms with Crippen molar-refractivity contribution >= 4 is 90.9 Å². The van der Waals surface area contributed by atoms with Gasteiger partial charge in [-0.1, -0.05) is 12.1 Å². The molecule has 3 N–H and O–H groups in total. The number of aromatic nitrogens is 8. The summed E-state index contributed by atoms with van der Waals surface area (Å²) < 4.78 is 32.4. The predicted molar refractivity (Wildman–Crippen MR) is 232 cm³/mol. The number of ether oxygens (including phenoxy) is 2. The van der Waals surface area contributed by atoms with Crippen LogP contribution in [-0.2, 0) is 14.1 Å². The monoisotopic (exact) mass is 1040 g/mol. The fourth-order valence-electron chi connectivity index (χ4n) is 5.15. The Labute approximate surface area is 361 Å². The minimum Gasteiger partial charge on any atom is -0.493 e. The second kappa shape index (κ2) is 20.7.